The van der Waals surface area contributed by atoms with Crippen LogP contribution in [0.15, 0.2) is 23.1 Å². The summed E-state index contributed by atoms with van der Waals surface area (Å²) in [5, 5.41) is -0.207. The van der Waals surface area contributed by atoms with Crippen LogP contribution in [0.4, 0.5) is 4.79 Å². The molecule has 1 heterocycles. The number of halogens is 1. The average Bonchev–Trinajstić information content (AvgIpc) is 2.64. The van der Waals surface area contributed by atoms with E-state index in [2.05, 4.69) is 22.6 Å². The Morgan fingerprint density at radius 1 is 1.42 bits per heavy atom. The number of likely N-dealkylation sites (N-methyl/N-ethyl adjacent to an activating group) is 1. The van der Waals surface area contributed by atoms with Gasteiger partial charge in [-0.3, -0.25) is 14.5 Å². The van der Waals surface area contributed by atoms with Gasteiger partial charge in [0.2, 0.25) is 0 Å². The van der Waals surface area contributed by atoms with E-state index in [-0.39, 0.29) is 11.1 Å². The molecule has 0 atom stereocenters. The highest BCUT2D eigenvalue weighted by Gasteiger charge is 2.33. The second-order valence-corrected chi connectivity index (χ2v) is 5.98. The number of methoxy groups -OCH3 is 1. The number of benzene rings is 1. The van der Waals surface area contributed by atoms with Crippen LogP contribution in [-0.2, 0) is 4.79 Å². The van der Waals surface area contributed by atoms with Gasteiger partial charge in [0.15, 0.2) is 0 Å². The lowest BCUT2D eigenvalue weighted by atomic mass is 10.2. The lowest BCUT2D eigenvalue weighted by molar-refractivity contribution is -0.122. The van der Waals surface area contributed by atoms with Gasteiger partial charge in [0.1, 0.15) is 5.75 Å². The fraction of sp³-hybridized carbons (Fsp3) is 0.231. The average molecular weight is 389 g/mol. The summed E-state index contributed by atoms with van der Waals surface area (Å²) in [7, 11) is 1.61. The zero-order valence-electron chi connectivity index (χ0n) is 10.5. The molecule has 2 amide bonds. The maximum Gasteiger partial charge on any atom is 0.293 e. The highest BCUT2D eigenvalue weighted by Crippen LogP contribution is 2.32. The van der Waals surface area contributed by atoms with Crippen LogP contribution in [0, 0.1) is 3.57 Å². The van der Waals surface area contributed by atoms with Crippen LogP contribution in [0.5, 0.6) is 5.75 Å². The van der Waals surface area contributed by atoms with Crippen LogP contribution in [0.3, 0.4) is 0 Å². The van der Waals surface area contributed by atoms with Crippen molar-refractivity contribution < 1.29 is 14.3 Å². The molecule has 6 heteroatoms. The third-order valence-electron chi connectivity index (χ3n) is 2.66. The molecule has 0 aliphatic carbocycles. The van der Waals surface area contributed by atoms with Gasteiger partial charge in [-0.25, -0.2) is 0 Å². The molecule has 0 saturated carbocycles. The molecule has 2 rings (SSSR count). The number of carbonyl (C=O) groups excluding carboxylic acids is 2. The largest absolute Gasteiger partial charge is 0.496 e. The summed E-state index contributed by atoms with van der Waals surface area (Å²) in [6.45, 7) is 2.19. The van der Waals surface area contributed by atoms with Crippen molar-refractivity contribution in [3.05, 3.63) is 32.2 Å². The van der Waals surface area contributed by atoms with E-state index in [0.717, 1.165) is 26.6 Å². The van der Waals surface area contributed by atoms with E-state index in [4.69, 9.17) is 4.74 Å². The minimum absolute atomic E-state index is 0.207. The van der Waals surface area contributed by atoms with Gasteiger partial charge in [-0.05, 0) is 65.0 Å². The monoisotopic (exact) mass is 389 g/mol. The van der Waals surface area contributed by atoms with Gasteiger partial charge in [-0.1, -0.05) is 6.07 Å². The Morgan fingerprint density at radius 3 is 2.68 bits per heavy atom. The van der Waals surface area contributed by atoms with Gasteiger partial charge >= 0.3 is 0 Å². The minimum Gasteiger partial charge on any atom is -0.496 e. The first-order valence-corrected chi connectivity index (χ1v) is 7.55. The van der Waals surface area contributed by atoms with Gasteiger partial charge in [0.25, 0.3) is 11.1 Å². The molecule has 0 N–H and O–H groups in total. The lowest BCUT2D eigenvalue weighted by Crippen LogP contribution is -2.27. The van der Waals surface area contributed by atoms with Gasteiger partial charge in [-0.15, -0.1) is 0 Å². The van der Waals surface area contributed by atoms with E-state index < -0.39 is 0 Å². The highest BCUT2D eigenvalue weighted by atomic mass is 127. The van der Waals surface area contributed by atoms with E-state index >= 15 is 0 Å². The van der Waals surface area contributed by atoms with E-state index in [0.29, 0.717) is 11.4 Å². The molecule has 19 heavy (non-hydrogen) atoms. The third-order valence-corrected chi connectivity index (χ3v) is 4.41. The Labute approximate surface area is 129 Å². The van der Waals surface area contributed by atoms with Crippen LogP contribution >= 0.6 is 34.4 Å². The number of imide groups is 1. The Morgan fingerprint density at radius 2 is 2.16 bits per heavy atom. The lowest BCUT2D eigenvalue weighted by Gasteiger charge is -2.07. The van der Waals surface area contributed by atoms with Crippen LogP contribution in [0.2, 0.25) is 0 Å². The van der Waals surface area contributed by atoms with Gasteiger partial charge < -0.3 is 4.74 Å². The Kier molecular flexibility index (Phi) is 4.51. The van der Waals surface area contributed by atoms with Crippen molar-refractivity contribution in [2.24, 2.45) is 0 Å². The molecule has 0 aromatic heterocycles. The van der Waals surface area contributed by atoms with Crippen molar-refractivity contribution in [2.45, 2.75) is 6.92 Å². The topological polar surface area (TPSA) is 46.6 Å². The van der Waals surface area contributed by atoms with Crippen molar-refractivity contribution in [1.29, 1.82) is 0 Å². The predicted molar refractivity (Wildman–Crippen MR) is 84.1 cm³/mol. The maximum absolute atomic E-state index is 11.9. The third kappa shape index (κ3) is 2.94. The summed E-state index contributed by atoms with van der Waals surface area (Å²) < 4.78 is 6.14. The minimum atomic E-state index is -0.219. The molecule has 1 fully saturated rings. The number of hydrogen-bond donors (Lipinski definition) is 0. The molecule has 0 bridgehead atoms. The Bertz CT molecular complexity index is 571. The first-order valence-electron chi connectivity index (χ1n) is 5.65. The smallest absolute Gasteiger partial charge is 0.293 e. The van der Waals surface area contributed by atoms with Crippen molar-refractivity contribution >= 4 is 51.6 Å². The van der Waals surface area contributed by atoms with E-state index in [1.807, 2.05) is 18.2 Å². The van der Waals surface area contributed by atoms with Gasteiger partial charge in [0, 0.05) is 6.54 Å². The summed E-state index contributed by atoms with van der Waals surface area (Å²) in [6.07, 6.45) is 1.74. The summed E-state index contributed by atoms with van der Waals surface area (Å²) in [5.74, 6) is 0.572. The molecule has 1 aliphatic rings. The number of hydrogen-bond acceptors (Lipinski definition) is 4. The molecular formula is C13H12INO3S. The quantitative estimate of drug-likeness (QED) is 0.588. The van der Waals surface area contributed by atoms with Crippen molar-refractivity contribution in [3.63, 3.8) is 0 Å². The fourth-order valence-electron chi connectivity index (χ4n) is 1.70. The van der Waals surface area contributed by atoms with E-state index in [1.165, 1.54) is 4.90 Å². The van der Waals surface area contributed by atoms with Crippen LogP contribution < -0.4 is 4.74 Å². The molecule has 100 valence electrons. The summed E-state index contributed by atoms with van der Waals surface area (Å²) in [4.78, 5) is 25.2. The SMILES string of the molecule is CCN1C(=O)SC(=Cc2ccc(OC)c(I)c2)C1=O. The molecule has 1 aromatic rings. The number of carbonyl (C=O) groups is 2. The number of thioether (sulfide) groups is 1. The van der Waals surface area contributed by atoms with E-state index in [1.54, 1.807) is 20.1 Å². The highest BCUT2D eigenvalue weighted by molar-refractivity contribution is 14.1. The Hall–Kier alpha value is -1.02. The molecule has 0 spiro atoms. The standard InChI is InChI=1S/C13H12INO3S/c1-3-15-12(16)11(19-13(15)17)7-8-4-5-10(18-2)9(14)6-8/h4-7H,3H2,1-2H3. The van der Waals surface area contributed by atoms with Crippen LogP contribution in [0.1, 0.15) is 12.5 Å². The normalized spacial score (nSPS) is 17.4. The molecule has 1 aromatic carbocycles. The number of nitrogens with zero attached hydrogens (tertiary/aromatic N) is 1. The predicted octanol–water partition coefficient (Wildman–Crippen LogP) is 3.36. The molecule has 4 nitrogen and oxygen atoms in total. The van der Waals surface area contributed by atoms with Crippen molar-refractivity contribution in [3.8, 4) is 5.75 Å². The van der Waals surface area contributed by atoms with Crippen molar-refractivity contribution in [2.75, 3.05) is 13.7 Å². The van der Waals surface area contributed by atoms with Crippen LogP contribution in [0.25, 0.3) is 6.08 Å². The number of rotatable bonds is 3. The number of ether oxygens (including phenoxy) is 1. The fourth-order valence-corrected chi connectivity index (χ4v) is 3.36. The molecule has 0 radical (unpaired) electrons. The maximum atomic E-state index is 11.9. The summed E-state index contributed by atoms with van der Waals surface area (Å²) >= 11 is 3.15. The molecule has 1 saturated heterocycles. The molecule has 1 aliphatic heterocycles. The second kappa shape index (κ2) is 5.96. The summed E-state index contributed by atoms with van der Waals surface area (Å²) in [5.41, 5.74) is 0.881. The molecular weight excluding hydrogens is 377 g/mol. The molecule has 0 unspecified atom stereocenters. The van der Waals surface area contributed by atoms with Crippen molar-refractivity contribution in [1.82, 2.24) is 4.90 Å². The van der Waals surface area contributed by atoms with Gasteiger partial charge in [0.05, 0.1) is 15.6 Å². The Balaban J connectivity index is 2.30. The van der Waals surface area contributed by atoms with Gasteiger partial charge in [-0.2, -0.15) is 0 Å². The zero-order valence-corrected chi connectivity index (χ0v) is 13.4. The summed E-state index contributed by atoms with van der Waals surface area (Å²) in [6, 6.07) is 5.62. The first kappa shape index (κ1) is 14.4. The zero-order chi connectivity index (χ0) is 14.0. The second-order valence-electron chi connectivity index (χ2n) is 3.82. The van der Waals surface area contributed by atoms with Crippen LogP contribution in [-0.4, -0.2) is 29.7 Å². The first-order chi connectivity index (χ1) is 9.06. The van der Waals surface area contributed by atoms with E-state index in [9.17, 15) is 9.59 Å². The number of amides is 2.